The summed E-state index contributed by atoms with van der Waals surface area (Å²) in [6, 6.07) is 1.97. The molecule has 6 heteroatoms. The molecule has 2 aromatic heterocycles. The van der Waals surface area contributed by atoms with Crippen molar-refractivity contribution in [2.45, 2.75) is 19.8 Å². The van der Waals surface area contributed by atoms with Crippen molar-refractivity contribution < 1.29 is 4.79 Å². The average Bonchev–Trinajstić information content (AvgIpc) is 2.72. The second-order valence-electron chi connectivity index (χ2n) is 3.59. The lowest BCUT2D eigenvalue weighted by Gasteiger charge is -2.04. The number of ketones is 1. The summed E-state index contributed by atoms with van der Waals surface area (Å²) < 4.78 is 1.07. The lowest BCUT2D eigenvalue weighted by atomic mass is 10.2. The number of carbonyl (C=O) groups is 1. The van der Waals surface area contributed by atoms with E-state index in [1.165, 1.54) is 0 Å². The Bertz CT molecular complexity index is 500. The van der Waals surface area contributed by atoms with Crippen LogP contribution in [0.3, 0.4) is 0 Å². The van der Waals surface area contributed by atoms with Gasteiger partial charge in [-0.05, 0) is 24.8 Å². The average molecular weight is 272 g/mol. The van der Waals surface area contributed by atoms with Gasteiger partial charge >= 0.3 is 0 Å². The van der Waals surface area contributed by atoms with Crippen molar-refractivity contribution in [2.75, 3.05) is 11.9 Å². The molecule has 0 unspecified atom stereocenters. The third kappa shape index (κ3) is 3.64. The van der Waals surface area contributed by atoms with Crippen LogP contribution in [0.15, 0.2) is 17.8 Å². The molecular formula is C11H14ClN3OS. The van der Waals surface area contributed by atoms with Crippen molar-refractivity contribution in [3.8, 4) is 0 Å². The van der Waals surface area contributed by atoms with Gasteiger partial charge in [0.25, 0.3) is 0 Å². The number of Topliss-reactive ketones (excluding diaryl/α,β-unsaturated/α-hetero) is 1. The molecule has 17 heavy (non-hydrogen) atoms. The van der Waals surface area contributed by atoms with E-state index in [0.29, 0.717) is 6.42 Å². The van der Waals surface area contributed by atoms with Crippen molar-refractivity contribution in [1.29, 1.82) is 0 Å². The fourth-order valence-corrected chi connectivity index (χ4v) is 2.27. The van der Waals surface area contributed by atoms with Gasteiger partial charge in [-0.15, -0.1) is 23.7 Å². The zero-order valence-electron chi connectivity index (χ0n) is 9.47. The fourth-order valence-electron chi connectivity index (χ4n) is 1.46. The first kappa shape index (κ1) is 13.9. The summed E-state index contributed by atoms with van der Waals surface area (Å²) in [6.45, 7) is 2.38. The minimum absolute atomic E-state index is 0. The molecule has 92 valence electrons. The molecule has 0 amide bonds. The number of thiophene rings is 1. The molecule has 0 saturated heterocycles. The predicted octanol–water partition coefficient (Wildman–Crippen LogP) is 2.89. The molecule has 0 aliphatic rings. The third-order valence-electron chi connectivity index (χ3n) is 2.24. The van der Waals surface area contributed by atoms with Crippen LogP contribution in [0.2, 0.25) is 0 Å². The Morgan fingerprint density at radius 1 is 1.47 bits per heavy atom. The summed E-state index contributed by atoms with van der Waals surface area (Å²) in [5.74, 6) is 1.09. The van der Waals surface area contributed by atoms with Gasteiger partial charge in [0.2, 0.25) is 0 Å². The highest BCUT2D eigenvalue weighted by molar-refractivity contribution is 7.17. The fraction of sp³-hybridized carbons (Fsp3) is 0.364. The number of rotatable bonds is 5. The molecule has 2 heterocycles. The first-order valence-corrected chi connectivity index (χ1v) is 6.07. The Morgan fingerprint density at radius 2 is 2.29 bits per heavy atom. The molecule has 0 spiro atoms. The number of nitrogens with one attached hydrogen (secondary N) is 1. The molecule has 0 aliphatic carbocycles. The number of halogens is 1. The Balaban J connectivity index is 0.00000144. The highest BCUT2D eigenvalue weighted by atomic mass is 35.5. The van der Waals surface area contributed by atoms with Crippen molar-refractivity contribution in [1.82, 2.24) is 9.97 Å². The van der Waals surface area contributed by atoms with E-state index in [-0.39, 0.29) is 18.2 Å². The van der Waals surface area contributed by atoms with Crippen LogP contribution in [-0.4, -0.2) is 22.3 Å². The van der Waals surface area contributed by atoms with Gasteiger partial charge in [-0.1, -0.05) is 0 Å². The van der Waals surface area contributed by atoms with Crippen LogP contribution >= 0.6 is 23.7 Å². The van der Waals surface area contributed by atoms with E-state index in [1.54, 1.807) is 24.6 Å². The summed E-state index contributed by atoms with van der Waals surface area (Å²) >= 11 is 1.62. The minimum atomic E-state index is 0. The number of nitrogens with zero attached hydrogens (tertiary/aromatic N) is 2. The van der Waals surface area contributed by atoms with Gasteiger partial charge in [0, 0.05) is 13.0 Å². The van der Waals surface area contributed by atoms with E-state index >= 15 is 0 Å². The standard InChI is InChI=1S/C11H13N3OS.ClH/c1-8(15)3-2-5-12-11-10-9(4-6-16-10)13-7-14-11;/h4,6-7H,2-3,5H2,1H3,(H,12,13,14);1H. The summed E-state index contributed by atoms with van der Waals surface area (Å²) in [4.78, 5) is 19.1. The molecule has 0 aliphatic heterocycles. The maximum atomic E-state index is 10.8. The smallest absolute Gasteiger partial charge is 0.147 e. The summed E-state index contributed by atoms with van der Waals surface area (Å²) in [7, 11) is 0. The normalized spacial score (nSPS) is 9.94. The van der Waals surface area contributed by atoms with E-state index in [1.807, 2.05) is 11.4 Å². The molecule has 0 saturated carbocycles. The number of carbonyl (C=O) groups excluding carboxylic acids is 1. The second kappa shape index (κ2) is 6.51. The lowest BCUT2D eigenvalue weighted by Crippen LogP contribution is -2.05. The number of anilines is 1. The lowest BCUT2D eigenvalue weighted by molar-refractivity contribution is -0.117. The highest BCUT2D eigenvalue weighted by Gasteiger charge is 2.03. The van der Waals surface area contributed by atoms with Gasteiger partial charge in [0.1, 0.15) is 17.9 Å². The number of hydrogen-bond acceptors (Lipinski definition) is 5. The topological polar surface area (TPSA) is 54.9 Å². The zero-order valence-corrected chi connectivity index (χ0v) is 11.1. The molecule has 2 rings (SSSR count). The van der Waals surface area contributed by atoms with Gasteiger partial charge < -0.3 is 10.1 Å². The van der Waals surface area contributed by atoms with Crippen molar-refractivity contribution >= 4 is 45.6 Å². The Morgan fingerprint density at radius 3 is 3.06 bits per heavy atom. The Labute approximate surface area is 110 Å². The number of fused-ring (bicyclic) bond motifs is 1. The number of hydrogen-bond donors (Lipinski definition) is 1. The van der Waals surface area contributed by atoms with Crippen molar-refractivity contribution in [2.24, 2.45) is 0 Å². The summed E-state index contributed by atoms with van der Waals surface area (Å²) in [5, 5.41) is 5.24. The SMILES string of the molecule is CC(=O)CCCNc1ncnc2ccsc12.Cl. The van der Waals surface area contributed by atoms with E-state index in [0.717, 1.165) is 29.0 Å². The zero-order chi connectivity index (χ0) is 11.4. The summed E-state index contributed by atoms with van der Waals surface area (Å²) in [5.41, 5.74) is 0.967. The molecule has 0 bridgehead atoms. The molecular weight excluding hydrogens is 258 g/mol. The van der Waals surface area contributed by atoms with Crippen LogP contribution in [0.25, 0.3) is 10.2 Å². The van der Waals surface area contributed by atoms with Crippen LogP contribution in [-0.2, 0) is 4.79 Å². The van der Waals surface area contributed by atoms with Gasteiger partial charge in [-0.3, -0.25) is 0 Å². The Hall–Kier alpha value is -1.20. The van der Waals surface area contributed by atoms with E-state index in [2.05, 4.69) is 15.3 Å². The van der Waals surface area contributed by atoms with E-state index in [9.17, 15) is 4.79 Å². The van der Waals surface area contributed by atoms with Crippen LogP contribution in [0.5, 0.6) is 0 Å². The maximum absolute atomic E-state index is 10.8. The van der Waals surface area contributed by atoms with Crippen LogP contribution < -0.4 is 5.32 Å². The minimum Gasteiger partial charge on any atom is -0.369 e. The molecule has 2 aromatic rings. The van der Waals surface area contributed by atoms with Gasteiger partial charge in [-0.25, -0.2) is 9.97 Å². The quantitative estimate of drug-likeness (QED) is 0.850. The number of aromatic nitrogens is 2. The van der Waals surface area contributed by atoms with Gasteiger partial charge in [0.15, 0.2) is 0 Å². The van der Waals surface area contributed by atoms with Gasteiger partial charge in [-0.2, -0.15) is 0 Å². The monoisotopic (exact) mass is 271 g/mol. The molecule has 0 atom stereocenters. The Kier molecular flexibility index (Phi) is 5.31. The van der Waals surface area contributed by atoms with E-state index in [4.69, 9.17) is 0 Å². The van der Waals surface area contributed by atoms with Crippen LogP contribution in [0.1, 0.15) is 19.8 Å². The molecule has 4 nitrogen and oxygen atoms in total. The largest absolute Gasteiger partial charge is 0.369 e. The molecule has 0 aromatic carbocycles. The summed E-state index contributed by atoms with van der Waals surface area (Å²) in [6.07, 6.45) is 3.01. The van der Waals surface area contributed by atoms with Crippen LogP contribution in [0.4, 0.5) is 5.82 Å². The molecule has 0 radical (unpaired) electrons. The van der Waals surface area contributed by atoms with E-state index < -0.39 is 0 Å². The second-order valence-corrected chi connectivity index (χ2v) is 4.51. The third-order valence-corrected chi connectivity index (χ3v) is 3.15. The van der Waals surface area contributed by atoms with Gasteiger partial charge in [0.05, 0.1) is 10.2 Å². The first-order valence-electron chi connectivity index (χ1n) is 5.19. The molecule has 1 N–H and O–H groups in total. The highest BCUT2D eigenvalue weighted by Crippen LogP contribution is 2.24. The van der Waals surface area contributed by atoms with Crippen LogP contribution in [0, 0.1) is 0 Å². The first-order chi connectivity index (χ1) is 7.77. The van der Waals surface area contributed by atoms with Crippen molar-refractivity contribution in [3.05, 3.63) is 17.8 Å². The van der Waals surface area contributed by atoms with Crippen molar-refractivity contribution in [3.63, 3.8) is 0 Å². The maximum Gasteiger partial charge on any atom is 0.147 e. The predicted molar refractivity (Wildman–Crippen MR) is 73.1 cm³/mol. The molecule has 0 fully saturated rings.